The minimum absolute atomic E-state index is 0.0524. The molecule has 0 aromatic heterocycles. The van der Waals surface area contributed by atoms with Crippen LogP contribution in [0.25, 0.3) is 0 Å². The van der Waals surface area contributed by atoms with Crippen LogP contribution < -0.4 is 0 Å². The molecule has 8 heteroatoms. The molecule has 0 saturated carbocycles. The molecular weight excluding hydrogens is 486 g/mol. The zero-order valence-corrected chi connectivity index (χ0v) is 24.9. The topological polar surface area (TPSA) is 99.1 Å². The van der Waals surface area contributed by atoms with Crippen LogP contribution in [0.3, 0.4) is 0 Å². The second kappa shape index (κ2) is 23.0. The third-order valence-electron chi connectivity index (χ3n) is 6.43. The lowest BCUT2D eigenvalue weighted by atomic mass is 10.1. The van der Waals surface area contributed by atoms with Crippen molar-refractivity contribution in [3.63, 3.8) is 0 Å². The molecule has 0 rings (SSSR count). The van der Waals surface area contributed by atoms with Crippen LogP contribution in [-0.4, -0.2) is 80.6 Å². The highest BCUT2D eigenvalue weighted by Crippen LogP contribution is 2.11. The number of carboxylic acid groups (broad SMARTS) is 1. The summed E-state index contributed by atoms with van der Waals surface area (Å²) in [5, 5.41) is 9.48. The summed E-state index contributed by atoms with van der Waals surface area (Å²) in [6.45, 7) is 4.54. The number of carbonyl (C=O) groups is 3. The molecule has 38 heavy (non-hydrogen) atoms. The fraction of sp³-hybridized carbons (Fsp3) is 0.833. The summed E-state index contributed by atoms with van der Waals surface area (Å²) in [6, 6.07) is -0.610. The molecule has 0 aliphatic rings. The maximum Gasteiger partial charge on any atom is 0.362 e. The molecule has 0 bridgehead atoms. The molecule has 0 heterocycles. The monoisotopic (exact) mass is 542 g/mol. The number of carbonyl (C=O) groups excluding carboxylic acids is 2. The highest BCUT2D eigenvalue weighted by atomic mass is 16.6. The van der Waals surface area contributed by atoms with Crippen molar-refractivity contribution in [3.8, 4) is 0 Å². The third kappa shape index (κ3) is 21.1. The highest BCUT2D eigenvalue weighted by Gasteiger charge is 2.31. The van der Waals surface area contributed by atoms with Gasteiger partial charge in [0, 0.05) is 19.3 Å². The molecule has 0 aliphatic heterocycles. The molecule has 0 saturated heterocycles. The lowest BCUT2D eigenvalue weighted by Crippen LogP contribution is -2.50. The number of nitrogens with zero attached hydrogens (tertiary/aromatic N) is 1. The number of hydrogen-bond acceptors (Lipinski definition) is 6. The summed E-state index contributed by atoms with van der Waals surface area (Å²) in [4.78, 5) is 36.2. The van der Waals surface area contributed by atoms with Gasteiger partial charge in [-0.3, -0.25) is 9.59 Å². The number of unbranched alkanes of at least 4 members (excludes halogenated alkanes) is 9. The molecule has 0 radical (unpaired) electrons. The van der Waals surface area contributed by atoms with Gasteiger partial charge in [-0.1, -0.05) is 77.4 Å². The van der Waals surface area contributed by atoms with Gasteiger partial charge in [-0.05, 0) is 25.7 Å². The van der Waals surface area contributed by atoms with E-state index < -0.39 is 18.1 Å². The summed E-state index contributed by atoms with van der Waals surface area (Å²) < 4.78 is 16.9. The van der Waals surface area contributed by atoms with E-state index in [1.165, 1.54) is 38.5 Å². The van der Waals surface area contributed by atoms with Gasteiger partial charge in [0.05, 0.1) is 34.4 Å². The van der Waals surface area contributed by atoms with Crippen molar-refractivity contribution in [1.82, 2.24) is 0 Å². The van der Waals surface area contributed by atoms with E-state index in [2.05, 4.69) is 19.9 Å². The molecule has 2 unspecified atom stereocenters. The summed E-state index contributed by atoms with van der Waals surface area (Å²) in [5.41, 5.74) is 0. The van der Waals surface area contributed by atoms with E-state index in [1.54, 1.807) is 0 Å². The number of quaternary nitrogens is 1. The first-order chi connectivity index (χ1) is 18.1. The van der Waals surface area contributed by atoms with E-state index >= 15 is 0 Å². The molecule has 2 atom stereocenters. The minimum Gasteiger partial charge on any atom is -0.477 e. The van der Waals surface area contributed by atoms with Crippen molar-refractivity contribution in [2.24, 2.45) is 0 Å². The second-order valence-electron chi connectivity index (χ2n) is 11.0. The Kier molecular flexibility index (Phi) is 21.8. The van der Waals surface area contributed by atoms with Crippen molar-refractivity contribution in [1.29, 1.82) is 0 Å². The van der Waals surface area contributed by atoms with Gasteiger partial charge >= 0.3 is 17.9 Å². The van der Waals surface area contributed by atoms with E-state index in [1.807, 2.05) is 27.2 Å². The van der Waals surface area contributed by atoms with Crippen LogP contribution in [0, 0.1) is 0 Å². The zero-order chi connectivity index (χ0) is 28.7. The molecule has 222 valence electrons. The van der Waals surface area contributed by atoms with E-state index in [0.717, 1.165) is 32.1 Å². The summed E-state index contributed by atoms with van der Waals surface area (Å²) >= 11 is 0. The first-order valence-corrected chi connectivity index (χ1v) is 14.7. The van der Waals surface area contributed by atoms with Crippen LogP contribution in [0.2, 0.25) is 0 Å². The number of rotatable bonds is 25. The first kappa shape index (κ1) is 36.1. The maximum absolute atomic E-state index is 12.4. The fourth-order valence-corrected chi connectivity index (χ4v) is 4.05. The molecule has 0 amide bonds. The predicted molar refractivity (Wildman–Crippen MR) is 151 cm³/mol. The van der Waals surface area contributed by atoms with Crippen molar-refractivity contribution in [3.05, 3.63) is 12.2 Å². The molecule has 1 N–H and O–H groups in total. The standard InChI is InChI=1S/C30H55NO7/c1-6-8-10-12-14-16-18-20-28(32)37-25-26(24-36-23-22-27(30(34)35)31(3,4)5)38-29(33)21-19-17-15-13-11-9-7-2/h14,16,26-27H,6-13,15,17-25H2,1-5H3/p+1/b16-14+. The lowest BCUT2D eigenvalue weighted by molar-refractivity contribution is -0.887. The Bertz CT molecular complexity index is 657. The van der Waals surface area contributed by atoms with Crippen LogP contribution >= 0.6 is 0 Å². The number of likely N-dealkylation sites (N-methyl/N-ethyl adjacent to an activating group) is 1. The quantitative estimate of drug-likeness (QED) is 0.0647. The Morgan fingerprint density at radius 1 is 0.763 bits per heavy atom. The van der Waals surface area contributed by atoms with Crippen LogP contribution in [0.5, 0.6) is 0 Å². The maximum atomic E-state index is 12.4. The normalized spacial score (nSPS) is 13.4. The number of ether oxygens (including phenoxy) is 3. The van der Waals surface area contributed by atoms with Crippen LogP contribution in [0.1, 0.15) is 110 Å². The molecule has 0 aromatic carbocycles. The van der Waals surface area contributed by atoms with E-state index in [4.69, 9.17) is 14.2 Å². The molecule has 8 nitrogen and oxygen atoms in total. The number of allylic oxidation sites excluding steroid dienone is 2. The van der Waals surface area contributed by atoms with Crippen molar-refractivity contribution < 1.29 is 38.2 Å². The second-order valence-corrected chi connectivity index (χ2v) is 11.0. The molecule has 0 spiro atoms. The van der Waals surface area contributed by atoms with E-state index in [-0.39, 0.29) is 42.7 Å². The van der Waals surface area contributed by atoms with Gasteiger partial charge in [0.1, 0.15) is 6.61 Å². The summed E-state index contributed by atoms with van der Waals surface area (Å²) in [5.74, 6) is -1.55. The largest absolute Gasteiger partial charge is 0.477 e. The van der Waals surface area contributed by atoms with Crippen molar-refractivity contribution in [2.75, 3.05) is 41.0 Å². The van der Waals surface area contributed by atoms with Crippen molar-refractivity contribution >= 4 is 17.9 Å². The lowest BCUT2D eigenvalue weighted by Gasteiger charge is -2.31. The van der Waals surface area contributed by atoms with Gasteiger partial charge in [-0.2, -0.15) is 0 Å². The molecular formula is C30H56NO7+. The average molecular weight is 543 g/mol. The molecule has 0 fully saturated rings. The third-order valence-corrected chi connectivity index (χ3v) is 6.43. The fourth-order valence-electron chi connectivity index (χ4n) is 4.05. The van der Waals surface area contributed by atoms with Crippen LogP contribution in [0.4, 0.5) is 0 Å². The Balaban J connectivity index is 4.60. The smallest absolute Gasteiger partial charge is 0.362 e. The van der Waals surface area contributed by atoms with Gasteiger partial charge < -0.3 is 23.8 Å². The van der Waals surface area contributed by atoms with Gasteiger partial charge in [-0.15, -0.1) is 0 Å². The van der Waals surface area contributed by atoms with Gasteiger partial charge in [0.15, 0.2) is 12.1 Å². The number of hydrogen-bond donors (Lipinski definition) is 1. The minimum atomic E-state index is -0.882. The number of carboxylic acids is 1. The van der Waals surface area contributed by atoms with Gasteiger partial charge in [0.2, 0.25) is 0 Å². The van der Waals surface area contributed by atoms with Crippen molar-refractivity contribution in [2.45, 2.75) is 122 Å². The predicted octanol–water partition coefficient (Wildman–Crippen LogP) is 6.06. The Morgan fingerprint density at radius 3 is 2.00 bits per heavy atom. The van der Waals surface area contributed by atoms with E-state index in [9.17, 15) is 19.5 Å². The average Bonchev–Trinajstić information content (AvgIpc) is 2.84. The van der Waals surface area contributed by atoms with Crippen LogP contribution in [0.15, 0.2) is 12.2 Å². The van der Waals surface area contributed by atoms with E-state index in [0.29, 0.717) is 19.3 Å². The molecule has 0 aromatic rings. The van der Waals surface area contributed by atoms with Gasteiger partial charge in [0.25, 0.3) is 0 Å². The van der Waals surface area contributed by atoms with Crippen LogP contribution in [-0.2, 0) is 28.6 Å². The Hall–Kier alpha value is -1.93. The summed E-state index contributed by atoms with van der Waals surface area (Å²) in [6.07, 6.45) is 17.3. The molecule has 0 aliphatic carbocycles. The first-order valence-electron chi connectivity index (χ1n) is 14.7. The van der Waals surface area contributed by atoms with Gasteiger partial charge in [-0.25, -0.2) is 4.79 Å². The zero-order valence-electron chi connectivity index (χ0n) is 24.9. The Labute approximate surface area is 231 Å². The summed E-state index contributed by atoms with van der Waals surface area (Å²) in [7, 11) is 5.48. The Morgan fingerprint density at radius 2 is 1.37 bits per heavy atom. The number of esters is 2. The highest BCUT2D eigenvalue weighted by molar-refractivity contribution is 5.72. The SMILES string of the molecule is CCCCC/C=C/CCC(=O)OCC(COCCC(C(=O)O)[N+](C)(C)C)OC(=O)CCCCCCCCC. The number of aliphatic carboxylic acids is 1.